The number of nitrogens with zero attached hydrogens (tertiary/aromatic N) is 1. The Morgan fingerprint density at radius 3 is 2.67 bits per heavy atom. The van der Waals surface area contributed by atoms with Crippen LogP contribution in [-0.4, -0.2) is 27.6 Å². The SMILES string of the molecule is O=C(O)c1cc(CN2CCc3ccccc3C2)ccc1O. The van der Waals surface area contributed by atoms with E-state index in [1.165, 1.54) is 17.2 Å². The molecule has 0 saturated heterocycles. The molecule has 0 aliphatic carbocycles. The zero-order valence-corrected chi connectivity index (χ0v) is 11.6. The number of phenols is 1. The lowest BCUT2D eigenvalue weighted by Crippen LogP contribution is -2.30. The highest BCUT2D eigenvalue weighted by atomic mass is 16.4. The number of fused-ring (bicyclic) bond motifs is 1. The Morgan fingerprint density at radius 2 is 1.90 bits per heavy atom. The van der Waals surface area contributed by atoms with Crippen LogP contribution >= 0.6 is 0 Å². The smallest absolute Gasteiger partial charge is 0.339 e. The number of carbonyl (C=O) groups is 1. The zero-order chi connectivity index (χ0) is 14.8. The van der Waals surface area contributed by atoms with Crippen molar-refractivity contribution in [3.8, 4) is 5.75 Å². The van der Waals surface area contributed by atoms with Gasteiger partial charge in [-0.3, -0.25) is 4.90 Å². The van der Waals surface area contributed by atoms with E-state index in [0.717, 1.165) is 25.1 Å². The predicted molar refractivity (Wildman–Crippen MR) is 79.3 cm³/mol. The van der Waals surface area contributed by atoms with E-state index < -0.39 is 5.97 Å². The van der Waals surface area contributed by atoms with Crippen LogP contribution in [0.15, 0.2) is 42.5 Å². The van der Waals surface area contributed by atoms with Gasteiger partial charge in [0.2, 0.25) is 0 Å². The third kappa shape index (κ3) is 2.90. The lowest BCUT2D eigenvalue weighted by atomic mass is 9.99. The molecule has 2 N–H and O–H groups in total. The van der Waals surface area contributed by atoms with Gasteiger partial charge in [0.15, 0.2) is 0 Å². The van der Waals surface area contributed by atoms with Crippen molar-refractivity contribution in [2.24, 2.45) is 0 Å². The molecule has 2 aromatic rings. The first-order chi connectivity index (χ1) is 10.1. The van der Waals surface area contributed by atoms with Crippen molar-refractivity contribution >= 4 is 5.97 Å². The molecule has 0 bridgehead atoms. The molecule has 0 aromatic heterocycles. The average molecular weight is 283 g/mol. The van der Waals surface area contributed by atoms with Crippen molar-refractivity contribution in [1.29, 1.82) is 0 Å². The van der Waals surface area contributed by atoms with E-state index in [2.05, 4.69) is 23.1 Å². The molecule has 0 radical (unpaired) electrons. The summed E-state index contributed by atoms with van der Waals surface area (Å²) in [6.07, 6.45) is 1.01. The second-order valence-corrected chi connectivity index (χ2v) is 5.39. The van der Waals surface area contributed by atoms with E-state index in [4.69, 9.17) is 5.11 Å². The first kappa shape index (κ1) is 13.6. The van der Waals surface area contributed by atoms with Crippen LogP contribution in [0.3, 0.4) is 0 Å². The van der Waals surface area contributed by atoms with Crippen molar-refractivity contribution in [3.63, 3.8) is 0 Å². The van der Waals surface area contributed by atoms with Gasteiger partial charge in [-0.25, -0.2) is 4.79 Å². The molecule has 0 atom stereocenters. The van der Waals surface area contributed by atoms with Crippen LogP contribution in [0, 0.1) is 0 Å². The van der Waals surface area contributed by atoms with Gasteiger partial charge in [0.25, 0.3) is 0 Å². The molecule has 0 saturated carbocycles. The molecule has 0 spiro atoms. The predicted octanol–water partition coefficient (Wildman–Crippen LogP) is 2.65. The minimum atomic E-state index is -1.10. The minimum Gasteiger partial charge on any atom is -0.507 e. The van der Waals surface area contributed by atoms with Gasteiger partial charge < -0.3 is 10.2 Å². The van der Waals surface area contributed by atoms with Crippen molar-refractivity contribution in [2.45, 2.75) is 19.5 Å². The number of aromatic carboxylic acids is 1. The Kier molecular flexibility index (Phi) is 3.62. The molecule has 1 aliphatic heterocycles. The fourth-order valence-electron chi connectivity index (χ4n) is 2.80. The topological polar surface area (TPSA) is 60.8 Å². The van der Waals surface area contributed by atoms with Crippen LogP contribution < -0.4 is 0 Å². The molecule has 4 heteroatoms. The summed E-state index contributed by atoms with van der Waals surface area (Å²) >= 11 is 0. The van der Waals surface area contributed by atoms with E-state index in [1.54, 1.807) is 12.1 Å². The maximum Gasteiger partial charge on any atom is 0.339 e. The fraction of sp³-hybridized carbons (Fsp3) is 0.235. The number of hydrogen-bond acceptors (Lipinski definition) is 3. The van der Waals surface area contributed by atoms with Crippen molar-refractivity contribution in [1.82, 2.24) is 4.90 Å². The summed E-state index contributed by atoms with van der Waals surface area (Å²) in [7, 11) is 0. The molecule has 2 aromatic carbocycles. The zero-order valence-electron chi connectivity index (χ0n) is 11.6. The molecule has 0 amide bonds. The van der Waals surface area contributed by atoms with Crippen LogP contribution in [0.1, 0.15) is 27.0 Å². The number of benzene rings is 2. The molecule has 1 heterocycles. The Hall–Kier alpha value is -2.33. The standard InChI is InChI=1S/C17H17NO3/c19-16-6-5-12(9-15(16)17(20)21)10-18-8-7-13-3-1-2-4-14(13)11-18/h1-6,9,19H,7-8,10-11H2,(H,20,21). The number of hydrogen-bond donors (Lipinski definition) is 2. The van der Waals surface area contributed by atoms with E-state index >= 15 is 0 Å². The first-order valence-corrected chi connectivity index (χ1v) is 6.98. The quantitative estimate of drug-likeness (QED) is 0.909. The summed E-state index contributed by atoms with van der Waals surface area (Å²) in [5, 5.41) is 18.6. The Labute approximate surface area is 123 Å². The highest BCUT2D eigenvalue weighted by Gasteiger charge is 2.17. The highest BCUT2D eigenvalue weighted by Crippen LogP contribution is 2.23. The Balaban J connectivity index is 1.76. The molecule has 0 fully saturated rings. The van der Waals surface area contributed by atoms with Crippen LogP contribution in [0.5, 0.6) is 5.75 Å². The molecule has 1 aliphatic rings. The normalized spacial score (nSPS) is 14.7. The molecular formula is C17H17NO3. The van der Waals surface area contributed by atoms with E-state index in [0.29, 0.717) is 6.54 Å². The van der Waals surface area contributed by atoms with Gasteiger partial charge in [-0.1, -0.05) is 30.3 Å². The third-order valence-corrected chi connectivity index (χ3v) is 3.91. The number of carboxylic acid groups (broad SMARTS) is 1. The van der Waals surface area contributed by atoms with Crippen molar-refractivity contribution in [3.05, 3.63) is 64.7 Å². The molecule has 4 nitrogen and oxygen atoms in total. The summed E-state index contributed by atoms with van der Waals surface area (Å²) in [6, 6.07) is 13.2. The van der Waals surface area contributed by atoms with Crippen molar-refractivity contribution < 1.29 is 15.0 Å². The van der Waals surface area contributed by atoms with Gasteiger partial charge in [-0.2, -0.15) is 0 Å². The van der Waals surface area contributed by atoms with Crippen LogP contribution in [-0.2, 0) is 19.5 Å². The second kappa shape index (κ2) is 5.58. The molecule has 21 heavy (non-hydrogen) atoms. The van der Waals surface area contributed by atoms with Crippen LogP contribution in [0.2, 0.25) is 0 Å². The lowest BCUT2D eigenvalue weighted by Gasteiger charge is -2.28. The Morgan fingerprint density at radius 1 is 1.14 bits per heavy atom. The van der Waals surface area contributed by atoms with E-state index in [-0.39, 0.29) is 11.3 Å². The first-order valence-electron chi connectivity index (χ1n) is 6.98. The largest absolute Gasteiger partial charge is 0.507 e. The monoisotopic (exact) mass is 283 g/mol. The maximum absolute atomic E-state index is 11.1. The van der Waals surface area contributed by atoms with Crippen LogP contribution in [0.25, 0.3) is 0 Å². The average Bonchev–Trinajstić information content (AvgIpc) is 2.49. The second-order valence-electron chi connectivity index (χ2n) is 5.39. The summed E-state index contributed by atoms with van der Waals surface area (Å²) in [5.41, 5.74) is 3.60. The van der Waals surface area contributed by atoms with Crippen LogP contribution in [0.4, 0.5) is 0 Å². The lowest BCUT2D eigenvalue weighted by molar-refractivity contribution is 0.0693. The minimum absolute atomic E-state index is 0.0371. The van der Waals surface area contributed by atoms with Gasteiger partial charge >= 0.3 is 5.97 Å². The van der Waals surface area contributed by atoms with Gasteiger partial charge in [0.05, 0.1) is 0 Å². The van der Waals surface area contributed by atoms with Gasteiger partial charge in [-0.05, 0) is 35.2 Å². The third-order valence-electron chi connectivity index (χ3n) is 3.91. The molecule has 108 valence electrons. The Bertz CT molecular complexity index is 681. The number of carboxylic acids is 1. The van der Waals surface area contributed by atoms with Crippen molar-refractivity contribution in [2.75, 3.05) is 6.54 Å². The molecule has 3 rings (SSSR count). The highest BCUT2D eigenvalue weighted by molar-refractivity contribution is 5.90. The summed E-state index contributed by atoms with van der Waals surface area (Å²) < 4.78 is 0. The fourth-order valence-corrected chi connectivity index (χ4v) is 2.80. The maximum atomic E-state index is 11.1. The summed E-state index contributed by atoms with van der Waals surface area (Å²) in [5.74, 6) is -1.28. The van der Waals surface area contributed by atoms with Gasteiger partial charge in [-0.15, -0.1) is 0 Å². The number of aromatic hydroxyl groups is 1. The molecular weight excluding hydrogens is 266 g/mol. The van der Waals surface area contributed by atoms with E-state index in [9.17, 15) is 9.90 Å². The van der Waals surface area contributed by atoms with Gasteiger partial charge in [0, 0.05) is 19.6 Å². The number of rotatable bonds is 3. The summed E-state index contributed by atoms with van der Waals surface area (Å²) in [6.45, 7) is 2.52. The molecule has 0 unspecified atom stereocenters. The summed E-state index contributed by atoms with van der Waals surface area (Å²) in [4.78, 5) is 13.3. The van der Waals surface area contributed by atoms with Gasteiger partial charge in [0.1, 0.15) is 11.3 Å². The van der Waals surface area contributed by atoms with E-state index in [1.807, 2.05) is 6.07 Å².